The van der Waals surface area contributed by atoms with E-state index in [1.807, 2.05) is 24.3 Å². The van der Waals surface area contributed by atoms with Gasteiger partial charge in [0.15, 0.2) is 23.0 Å². The maximum Gasteiger partial charge on any atom is 0.207 e. The summed E-state index contributed by atoms with van der Waals surface area (Å²) in [4.78, 5) is 0. The first-order valence-electron chi connectivity index (χ1n) is 12.7. The number of methoxy groups -OCH3 is 4. The largest absolute Gasteiger partial charge is 0.508 e. The zero-order valence-electron chi connectivity index (χ0n) is 22.5. The van der Waals surface area contributed by atoms with Crippen LogP contribution in [0.1, 0.15) is 11.1 Å². The molecule has 204 valence electrons. The Morgan fingerprint density at radius 1 is 0.575 bits per heavy atom. The maximum absolute atomic E-state index is 11.4. The number of aryl methyl sites for hydroxylation is 2. The van der Waals surface area contributed by atoms with Crippen LogP contribution in [0.3, 0.4) is 0 Å². The fraction of sp³-hybridized carbons (Fsp3) is 0.188. The van der Waals surface area contributed by atoms with E-state index >= 15 is 0 Å². The summed E-state index contributed by atoms with van der Waals surface area (Å²) in [7, 11) is 6.09. The zero-order chi connectivity index (χ0) is 28.1. The molecule has 8 nitrogen and oxygen atoms in total. The van der Waals surface area contributed by atoms with Gasteiger partial charge in [-0.3, -0.25) is 0 Å². The number of benzene rings is 5. The zero-order valence-corrected chi connectivity index (χ0v) is 22.5. The Labute approximate surface area is 230 Å². The number of aromatic hydroxyl groups is 3. The Bertz CT molecular complexity index is 1790. The van der Waals surface area contributed by atoms with Gasteiger partial charge in [-0.1, -0.05) is 6.07 Å². The SMILES string of the molecule is COc1cc2c(cc1Oc1c(O)c(OC)c(OC)c3c1ccc1cc(O)ccc13)CCc1cc(O)cc(OC)c1-2. The van der Waals surface area contributed by atoms with Crippen molar-refractivity contribution in [2.75, 3.05) is 28.4 Å². The van der Waals surface area contributed by atoms with Gasteiger partial charge in [-0.25, -0.2) is 0 Å². The van der Waals surface area contributed by atoms with Gasteiger partial charge >= 0.3 is 0 Å². The third kappa shape index (κ3) is 3.83. The van der Waals surface area contributed by atoms with E-state index in [1.165, 1.54) is 14.2 Å². The molecule has 0 saturated carbocycles. The molecule has 0 bridgehead atoms. The molecular formula is C32H28O8. The lowest BCUT2D eigenvalue weighted by molar-refractivity contribution is 0.324. The number of ether oxygens (including phenoxy) is 5. The molecule has 0 saturated heterocycles. The minimum absolute atomic E-state index is 0.126. The van der Waals surface area contributed by atoms with Crippen LogP contribution in [0.5, 0.6) is 51.7 Å². The Balaban J connectivity index is 1.57. The van der Waals surface area contributed by atoms with Crippen molar-refractivity contribution in [1.29, 1.82) is 0 Å². The van der Waals surface area contributed by atoms with Gasteiger partial charge in [0.05, 0.1) is 28.4 Å². The number of fused-ring (bicyclic) bond motifs is 6. The minimum atomic E-state index is -0.216. The van der Waals surface area contributed by atoms with Crippen LogP contribution in [-0.2, 0) is 12.8 Å². The number of phenols is 3. The van der Waals surface area contributed by atoms with Gasteiger partial charge in [-0.2, -0.15) is 0 Å². The fourth-order valence-electron chi connectivity index (χ4n) is 5.67. The van der Waals surface area contributed by atoms with Crippen LogP contribution in [0.4, 0.5) is 0 Å². The van der Waals surface area contributed by atoms with Crippen LogP contribution in [0.2, 0.25) is 0 Å². The van der Waals surface area contributed by atoms with Crippen molar-refractivity contribution >= 4 is 21.5 Å². The summed E-state index contributed by atoms with van der Waals surface area (Å²) in [6, 6.07) is 15.9. The summed E-state index contributed by atoms with van der Waals surface area (Å²) in [6.45, 7) is 0. The van der Waals surface area contributed by atoms with Crippen molar-refractivity contribution in [3.05, 3.63) is 65.7 Å². The van der Waals surface area contributed by atoms with E-state index < -0.39 is 0 Å². The molecule has 0 aliphatic heterocycles. The van der Waals surface area contributed by atoms with E-state index in [0.29, 0.717) is 46.6 Å². The summed E-state index contributed by atoms with van der Waals surface area (Å²) in [5, 5.41) is 34.4. The first kappa shape index (κ1) is 25.3. The standard InChI is InChI=1S/C32H28O8/c1-36-24-15-23-17(5-6-18-12-20(34)14-26(37-2)27(18)23)13-25(24)40-30-22-9-7-16-11-19(33)8-10-21(16)28(22)31(38-3)32(39-4)29(30)35/h7-15,33-35H,5-6H2,1-4H3. The highest BCUT2D eigenvalue weighted by Gasteiger charge is 2.27. The maximum atomic E-state index is 11.4. The van der Waals surface area contributed by atoms with Gasteiger partial charge in [-0.05, 0) is 82.8 Å². The van der Waals surface area contributed by atoms with Crippen molar-refractivity contribution in [1.82, 2.24) is 0 Å². The van der Waals surface area contributed by atoms with Crippen LogP contribution in [0.15, 0.2) is 54.6 Å². The minimum Gasteiger partial charge on any atom is -0.508 e. The second kappa shape index (κ2) is 9.64. The molecule has 1 aliphatic rings. The van der Waals surface area contributed by atoms with Gasteiger partial charge < -0.3 is 39.0 Å². The highest BCUT2D eigenvalue weighted by Crippen LogP contribution is 2.55. The second-order valence-electron chi connectivity index (χ2n) is 9.58. The van der Waals surface area contributed by atoms with E-state index in [1.54, 1.807) is 44.6 Å². The summed E-state index contributed by atoms with van der Waals surface area (Å²) in [5.41, 5.74) is 3.83. The molecule has 3 N–H and O–H groups in total. The summed E-state index contributed by atoms with van der Waals surface area (Å²) in [5.74, 6) is 2.18. The van der Waals surface area contributed by atoms with E-state index in [0.717, 1.165) is 33.0 Å². The normalized spacial score (nSPS) is 12.1. The molecule has 5 aromatic rings. The summed E-state index contributed by atoms with van der Waals surface area (Å²) >= 11 is 0. The van der Waals surface area contributed by atoms with E-state index in [9.17, 15) is 15.3 Å². The average Bonchev–Trinajstić information content (AvgIpc) is 2.96. The van der Waals surface area contributed by atoms with Gasteiger partial charge in [0.1, 0.15) is 17.2 Å². The average molecular weight is 541 g/mol. The first-order chi connectivity index (χ1) is 19.4. The molecule has 6 rings (SSSR count). The molecule has 0 unspecified atom stereocenters. The molecular weight excluding hydrogens is 512 g/mol. The molecule has 0 heterocycles. The Morgan fingerprint density at radius 2 is 1.30 bits per heavy atom. The number of rotatable bonds is 6. The molecule has 0 radical (unpaired) electrons. The van der Waals surface area contributed by atoms with Crippen molar-refractivity contribution in [2.45, 2.75) is 12.8 Å². The molecule has 5 aromatic carbocycles. The molecule has 0 spiro atoms. The molecule has 0 atom stereocenters. The molecule has 1 aliphatic carbocycles. The first-order valence-corrected chi connectivity index (χ1v) is 12.7. The molecule has 0 aromatic heterocycles. The van der Waals surface area contributed by atoms with Gasteiger partial charge in [0.2, 0.25) is 11.5 Å². The summed E-state index contributed by atoms with van der Waals surface area (Å²) < 4.78 is 29.1. The van der Waals surface area contributed by atoms with Gasteiger partial charge in [0, 0.05) is 22.4 Å². The number of hydrogen-bond donors (Lipinski definition) is 3. The predicted octanol–water partition coefficient (Wildman–Crippen LogP) is 6.70. The van der Waals surface area contributed by atoms with Crippen LogP contribution >= 0.6 is 0 Å². The smallest absolute Gasteiger partial charge is 0.207 e. The monoisotopic (exact) mass is 540 g/mol. The van der Waals surface area contributed by atoms with Crippen LogP contribution in [-0.4, -0.2) is 43.8 Å². The molecule has 0 fully saturated rings. The van der Waals surface area contributed by atoms with Gasteiger partial charge in [-0.15, -0.1) is 0 Å². The van der Waals surface area contributed by atoms with Crippen molar-refractivity contribution in [3.8, 4) is 62.9 Å². The third-order valence-electron chi connectivity index (χ3n) is 7.44. The van der Waals surface area contributed by atoms with Crippen molar-refractivity contribution < 1.29 is 39.0 Å². The topological polar surface area (TPSA) is 107 Å². The van der Waals surface area contributed by atoms with E-state index in [4.69, 9.17) is 23.7 Å². The van der Waals surface area contributed by atoms with Crippen molar-refractivity contribution in [3.63, 3.8) is 0 Å². The van der Waals surface area contributed by atoms with Crippen LogP contribution < -0.4 is 23.7 Å². The lowest BCUT2D eigenvalue weighted by Gasteiger charge is -2.25. The third-order valence-corrected chi connectivity index (χ3v) is 7.44. The highest BCUT2D eigenvalue weighted by atomic mass is 16.5. The Hall–Kier alpha value is -4.98. The van der Waals surface area contributed by atoms with E-state index in [-0.39, 0.29) is 28.7 Å². The predicted molar refractivity (Wildman–Crippen MR) is 152 cm³/mol. The lowest BCUT2D eigenvalue weighted by atomic mass is 9.84. The number of hydrogen-bond acceptors (Lipinski definition) is 8. The highest BCUT2D eigenvalue weighted by molar-refractivity contribution is 6.15. The molecule has 0 amide bonds. The lowest BCUT2D eigenvalue weighted by Crippen LogP contribution is -2.07. The van der Waals surface area contributed by atoms with E-state index in [2.05, 4.69) is 0 Å². The quantitative estimate of drug-likeness (QED) is 0.204. The number of phenolic OH excluding ortho intramolecular Hbond substituents is 3. The molecule has 8 heteroatoms. The van der Waals surface area contributed by atoms with Crippen LogP contribution in [0.25, 0.3) is 32.7 Å². The Kier molecular flexibility index (Phi) is 6.10. The van der Waals surface area contributed by atoms with Crippen LogP contribution in [0, 0.1) is 0 Å². The Morgan fingerprint density at radius 3 is 2.02 bits per heavy atom. The fourth-order valence-corrected chi connectivity index (χ4v) is 5.67. The molecule has 40 heavy (non-hydrogen) atoms. The van der Waals surface area contributed by atoms with Gasteiger partial charge in [0.25, 0.3) is 0 Å². The second-order valence-corrected chi connectivity index (χ2v) is 9.58. The summed E-state index contributed by atoms with van der Waals surface area (Å²) in [6.07, 6.45) is 1.42. The van der Waals surface area contributed by atoms with Crippen molar-refractivity contribution in [2.24, 2.45) is 0 Å².